The summed E-state index contributed by atoms with van der Waals surface area (Å²) in [6.45, 7) is 3.27. The Balaban J connectivity index is 1.82. The van der Waals surface area contributed by atoms with E-state index in [2.05, 4.69) is 15.5 Å². The SMILES string of the molecule is CCOC(=O)N1CCC(=NNC(=O)c2ccncc2)CC1. The van der Waals surface area contributed by atoms with E-state index in [1.165, 1.54) is 0 Å². The minimum Gasteiger partial charge on any atom is -0.450 e. The summed E-state index contributed by atoms with van der Waals surface area (Å²) in [7, 11) is 0. The van der Waals surface area contributed by atoms with E-state index in [-0.39, 0.29) is 12.0 Å². The molecule has 2 amide bonds. The molecular formula is C14H18N4O3. The van der Waals surface area contributed by atoms with E-state index in [4.69, 9.17) is 4.74 Å². The maximum atomic E-state index is 11.8. The van der Waals surface area contributed by atoms with Gasteiger partial charge >= 0.3 is 6.09 Å². The summed E-state index contributed by atoms with van der Waals surface area (Å²) in [6.07, 6.45) is 4.09. The molecule has 1 aromatic heterocycles. The first-order valence-corrected chi connectivity index (χ1v) is 6.88. The van der Waals surface area contributed by atoms with E-state index in [0.29, 0.717) is 38.1 Å². The van der Waals surface area contributed by atoms with Crippen molar-refractivity contribution in [2.24, 2.45) is 5.10 Å². The van der Waals surface area contributed by atoms with Crippen molar-refractivity contribution in [1.29, 1.82) is 0 Å². The van der Waals surface area contributed by atoms with Gasteiger partial charge in [-0.3, -0.25) is 9.78 Å². The molecule has 0 aromatic carbocycles. The number of carbonyl (C=O) groups excluding carboxylic acids is 2. The molecule has 2 heterocycles. The molecule has 112 valence electrons. The number of pyridine rings is 1. The lowest BCUT2D eigenvalue weighted by molar-refractivity contribution is 0.0951. The van der Waals surface area contributed by atoms with E-state index in [9.17, 15) is 9.59 Å². The monoisotopic (exact) mass is 290 g/mol. The number of rotatable bonds is 3. The normalized spacial score (nSPS) is 14.5. The quantitative estimate of drug-likeness (QED) is 0.853. The summed E-state index contributed by atoms with van der Waals surface area (Å²) in [4.78, 5) is 28.9. The lowest BCUT2D eigenvalue weighted by Crippen LogP contribution is -2.39. The maximum Gasteiger partial charge on any atom is 0.409 e. The zero-order valence-corrected chi connectivity index (χ0v) is 11.9. The number of hydrogen-bond acceptors (Lipinski definition) is 5. The number of piperidine rings is 1. The van der Waals surface area contributed by atoms with Crippen LogP contribution in [-0.4, -0.2) is 47.3 Å². The van der Waals surface area contributed by atoms with Crippen molar-refractivity contribution < 1.29 is 14.3 Å². The number of ether oxygens (including phenoxy) is 1. The van der Waals surface area contributed by atoms with Crippen LogP contribution in [0.4, 0.5) is 4.79 Å². The molecule has 1 N–H and O–H groups in total. The van der Waals surface area contributed by atoms with Crippen molar-refractivity contribution in [2.75, 3.05) is 19.7 Å². The second kappa shape index (κ2) is 7.37. The van der Waals surface area contributed by atoms with Crippen LogP contribution in [0.15, 0.2) is 29.6 Å². The molecule has 1 aromatic rings. The summed E-state index contributed by atoms with van der Waals surface area (Å²) >= 11 is 0. The second-order valence-electron chi connectivity index (χ2n) is 4.54. The van der Waals surface area contributed by atoms with Crippen LogP contribution in [0.1, 0.15) is 30.1 Å². The number of likely N-dealkylation sites (tertiary alicyclic amines) is 1. The largest absolute Gasteiger partial charge is 0.450 e. The Kier molecular flexibility index (Phi) is 5.25. The molecule has 0 atom stereocenters. The minimum absolute atomic E-state index is 0.266. The van der Waals surface area contributed by atoms with Gasteiger partial charge in [-0.2, -0.15) is 5.10 Å². The highest BCUT2D eigenvalue weighted by Crippen LogP contribution is 2.08. The third kappa shape index (κ3) is 4.27. The van der Waals surface area contributed by atoms with Crippen molar-refractivity contribution in [1.82, 2.24) is 15.3 Å². The molecule has 1 aliphatic heterocycles. The highest BCUT2D eigenvalue weighted by molar-refractivity contribution is 5.95. The first kappa shape index (κ1) is 15.0. The summed E-state index contributed by atoms with van der Waals surface area (Å²) in [5, 5.41) is 4.12. The van der Waals surface area contributed by atoms with Crippen LogP contribution in [0.5, 0.6) is 0 Å². The molecule has 7 heteroatoms. The van der Waals surface area contributed by atoms with Crippen molar-refractivity contribution in [2.45, 2.75) is 19.8 Å². The van der Waals surface area contributed by atoms with Gasteiger partial charge in [0.15, 0.2) is 0 Å². The summed E-state index contributed by atoms with van der Waals surface area (Å²) in [5.74, 6) is -0.266. The highest BCUT2D eigenvalue weighted by atomic mass is 16.6. The van der Waals surface area contributed by atoms with Crippen molar-refractivity contribution in [3.63, 3.8) is 0 Å². The van der Waals surface area contributed by atoms with Crippen molar-refractivity contribution in [3.8, 4) is 0 Å². The van der Waals surface area contributed by atoms with Gasteiger partial charge in [-0.05, 0) is 19.1 Å². The van der Waals surface area contributed by atoms with Crippen LogP contribution in [-0.2, 0) is 4.74 Å². The van der Waals surface area contributed by atoms with E-state index in [1.54, 1.807) is 36.4 Å². The Morgan fingerprint density at radius 3 is 2.62 bits per heavy atom. The molecule has 1 saturated heterocycles. The van der Waals surface area contributed by atoms with Gasteiger partial charge in [0, 0.05) is 49.6 Å². The highest BCUT2D eigenvalue weighted by Gasteiger charge is 2.20. The van der Waals surface area contributed by atoms with Gasteiger partial charge in [-0.15, -0.1) is 0 Å². The summed E-state index contributed by atoms with van der Waals surface area (Å²) < 4.78 is 4.94. The molecule has 21 heavy (non-hydrogen) atoms. The van der Waals surface area contributed by atoms with E-state index < -0.39 is 0 Å². The molecule has 0 spiro atoms. The Hall–Kier alpha value is -2.44. The van der Waals surface area contributed by atoms with Crippen LogP contribution < -0.4 is 5.43 Å². The molecular weight excluding hydrogens is 272 g/mol. The van der Waals surface area contributed by atoms with Crippen LogP contribution >= 0.6 is 0 Å². The van der Waals surface area contributed by atoms with Gasteiger partial charge in [0.25, 0.3) is 5.91 Å². The zero-order chi connectivity index (χ0) is 15.1. The fourth-order valence-corrected chi connectivity index (χ4v) is 1.97. The van der Waals surface area contributed by atoms with Crippen LogP contribution in [0.3, 0.4) is 0 Å². The molecule has 0 bridgehead atoms. The fourth-order valence-electron chi connectivity index (χ4n) is 1.97. The fraction of sp³-hybridized carbons (Fsp3) is 0.429. The molecule has 2 rings (SSSR count). The van der Waals surface area contributed by atoms with Crippen LogP contribution in [0, 0.1) is 0 Å². The molecule has 7 nitrogen and oxygen atoms in total. The lowest BCUT2D eigenvalue weighted by Gasteiger charge is -2.26. The molecule has 0 aliphatic carbocycles. The van der Waals surface area contributed by atoms with Gasteiger partial charge < -0.3 is 9.64 Å². The predicted molar refractivity (Wildman–Crippen MR) is 77.0 cm³/mol. The number of hydrazone groups is 1. The van der Waals surface area contributed by atoms with Gasteiger partial charge in [0.1, 0.15) is 0 Å². The average molecular weight is 290 g/mol. The first-order valence-electron chi connectivity index (χ1n) is 6.88. The van der Waals surface area contributed by atoms with Crippen LogP contribution in [0.2, 0.25) is 0 Å². The average Bonchev–Trinajstić information content (AvgIpc) is 2.54. The third-order valence-corrected chi connectivity index (χ3v) is 3.12. The Morgan fingerprint density at radius 2 is 2.00 bits per heavy atom. The Labute approximate surface area is 123 Å². The van der Waals surface area contributed by atoms with Gasteiger partial charge in [0.2, 0.25) is 0 Å². The number of hydrogen-bond donors (Lipinski definition) is 1. The molecule has 1 aliphatic rings. The standard InChI is InChI=1S/C14H18N4O3/c1-2-21-14(20)18-9-5-12(6-10-18)16-17-13(19)11-3-7-15-8-4-11/h3-4,7-8H,2,5-6,9-10H2,1H3,(H,17,19). The summed E-state index contributed by atoms with van der Waals surface area (Å²) in [5.41, 5.74) is 3.91. The topological polar surface area (TPSA) is 83.9 Å². The number of carbonyl (C=O) groups is 2. The molecule has 0 saturated carbocycles. The van der Waals surface area contributed by atoms with Gasteiger partial charge in [0.05, 0.1) is 6.61 Å². The van der Waals surface area contributed by atoms with Gasteiger partial charge in [-0.25, -0.2) is 10.2 Å². The van der Waals surface area contributed by atoms with Crippen molar-refractivity contribution >= 4 is 17.7 Å². The number of nitrogens with one attached hydrogen (secondary N) is 1. The minimum atomic E-state index is -0.294. The number of aromatic nitrogens is 1. The Bertz CT molecular complexity index is 520. The van der Waals surface area contributed by atoms with E-state index in [0.717, 1.165) is 5.71 Å². The predicted octanol–water partition coefficient (Wildman–Crippen LogP) is 1.42. The smallest absolute Gasteiger partial charge is 0.409 e. The van der Waals surface area contributed by atoms with E-state index >= 15 is 0 Å². The number of amides is 2. The molecule has 1 fully saturated rings. The number of nitrogens with zero attached hydrogens (tertiary/aromatic N) is 3. The third-order valence-electron chi connectivity index (χ3n) is 3.12. The zero-order valence-electron chi connectivity index (χ0n) is 11.9. The second-order valence-corrected chi connectivity index (χ2v) is 4.54. The molecule has 0 radical (unpaired) electrons. The van der Waals surface area contributed by atoms with Gasteiger partial charge in [-0.1, -0.05) is 0 Å². The van der Waals surface area contributed by atoms with Crippen molar-refractivity contribution in [3.05, 3.63) is 30.1 Å². The maximum absolute atomic E-state index is 11.8. The van der Waals surface area contributed by atoms with E-state index in [1.807, 2.05) is 0 Å². The van der Waals surface area contributed by atoms with Crippen LogP contribution in [0.25, 0.3) is 0 Å². The summed E-state index contributed by atoms with van der Waals surface area (Å²) in [6, 6.07) is 3.25. The Morgan fingerprint density at radius 1 is 1.33 bits per heavy atom. The molecule has 0 unspecified atom stereocenters. The lowest BCUT2D eigenvalue weighted by atomic mass is 10.1. The first-order chi connectivity index (χ1) is 10.2.